The first-order valence-electron chi connectivity index (χ1n) is 11.6. The van der Waals surface area contributed by atoms with Crippen LogP contribution in [-0.2, 0) is 0 Å². The largest absolute Gasteiger partial charge is 0.355 e. The van der Waals surface area contributed by atoms with Crippen molar-refractivity contribution in [2.24, 2.45) is 0 Å². The summed E-state index contributed by atoms with van der Waals surface area (Å²) in [7, 11) is 0. The molecule has 1 aliphatic rings. The van der Waals surface area contributed by atoms with Gasteiger partial charge in [-0.3, -0.25) is 4.79 Å². The molecule has 1 aliphatic heterocycles. The van der Waals surface area contributed by atoms with Crippen molar-refractivity contribution in [1.29, 1.82) is 0 Å². The zero-order valence-corrected chi connectivity index (χ0v) is 20.0. The molecule has 1 fully saturated rings. The Bertz CT molecular complexity index is 1180. The van der Waals surface area contributed by atoms with Crippen LogP contribution >= 0.6 is 0 Å². The Kier molecular flexibility index (Phi) is 7.11. The predicted octanol–water partition coefficient (Wildman–Crippen LogP) is 5.00. The van der Waals surface area contributed by atoms with Crippen LogP contribution in [0.25, 0.3) is 0 Å². The molecular weight excluding hydrogens is 426 g/mol. The van der Waals surface area contributed by atoms with E-state index in [1.807, 2.05) is 80.3 Å². The smallest absolute Gasteiger partial charge is 0.323 e. The number of aryl methyl sites for hydroxylation is 3. The Morgan fingerprint density at radius 1 is 0.794 bits per heavy atom. The standard InChI is InChI=1S/C27H31N5O2/c1-19-9-10-22(17-21(19)3)29-27(34)30-23-11-12-25(28-18-23)31-13-6-14-32(16-15-31)26(33)24-8-5-4-7-20(24)2/h4-5,7-12,17-18H,6,13-16H2,1-3H3,(H2,29,30,34). The van der Waals surface area contributed by atoms with Gasteiger partial charge in [0, 0.05) is 37.4 Å². The Labute approximate surface area is 200 Å². The first-order chi connectivity index (χ1) is 16.4. The summed E-state index contributed by atoms with van der Waals surface area (Å²) in [4.78, 5) is 34.0. The van der Waals surface area contributed by atoms with E-state index < -0.39 is 0 Å². The van der Waals surface area contributed by atoms with Crippen LogP contribution in [-0.4, -0.2) is 48.0 Å². The van der Waals surface area contributed by atoms with Gasteiger partial charge in [0.2, 0.25) is 0 Å². The van der Waals surface area contributed by atoms with Crippen molar-refractivity contribution in [3.05, 3.63) is 83.0 Å². The third kappa shape index (κ3) is 5.54. The van der Waals surface area contributed by atoms with E-state index >= 15 is 0 Å². The summed E-state index contributed by atoms with van der Waals surface area (Å²) >= 11 is 0. The summed E-state index contributed by atoms with van der Waals surface area (Å²) in [6.45, 7) is 8.93. The first kappa shape index (κ1) is 23.3. The molecule has 1 saturated heterocycles. The highest BCUT2D eigenvalue weighted by Crippen LogP contribution is 2.19. The first-order valence-corrected chi connectivity index (χ1v) is 11.6. The third-order valence-corrected chi connectivity index (χ3v) is 6.25. The molecule has 7 heteroatoms. The van der Waals surface area contributed by atoms with Gasteiger partial charge >= 0.3 is 6.03 Å². The molecule has 3 amide bonds. The summed E-state index contributed by atoms with van der Waals surface area (Å²) in [5.74, 6) is 0.924. The number of anilines is 3. The summed E-state index contributed by atoms with van der Waals surface area (Å²) in [6, 6.07) is 17.0. The molecule has 2 heterocycles. The molecular formula is C27H31N5O2. The minimum absolute atomic E-state index is 0.0854. The number of rotatable bonds is 4. The van der Waals surface area contributed by atoms with Gasteiger partial charge in [-0.15, -0.1) is 0 Å². The second kappa shape index (κ2) is 10.4. The molecule has 0 spiro atoms. The van der Waals surface area contributed by atoms with E-state index in [1.54, 1.807) is 6.20 Å². The van der Waals surface area contributed by atoms with Gasteiger partial charge in [0.1, 0.15) is 5.82 Å². The highest BCUT2D eigenvalue weighted by molar-refractivity contribution is 5.99. The Hall–Kier alpha value is -3.87. The second-order valence-corrected chi connectivity index (χ2v) is 8.73. The summed E-state index contributed by atoms with van der Waals surface area (Å²) in [6.07, 6.45) is 2.54. The van der Waals surface area contributed by atoms with Crippen molar-refractivity contribution < 1.29 is 9.59 Å². The van der Waals surface area contributed by atoms with Crippen LogP contribution in [0, 0.1) is 20.8 Å². The van der Waals surface area contributed by atoms with Crippen molar-refractivity contribution in [3.63, 3.8) is 0 Å². The van der Waals surface area contributed by atoms with E-state index in [-0.39, 0.29) is 11.9 Å². The number of carbonyl (C=O) groups is 2. The lowest BCUT2D eigenvalue weighted by molar-refractivity contribution is 0.0766. The number of hydrogen-bond acceptors (Lipinski definition) is 4. The maximum absolute atomic E-state index is 13.0. The summed E-state index contributed by atoms with van der Waals surface area (Å²) in [5, 5.41) is 5.68. The van der Waals surface area contributed by atoms with Crippen LogP contribution in [0.1, 0.15) is 33.5 Å². The number of carbonyl (C=O) groups excluding carboxylic acids is 2. The number of aromatic nitrogens is 1. The lowest BCUT2D eigenvalue weighted by atomic mass is 10.1. The van der Waals surface area contributed by atoms with Crippen LogP contribution in [0.4, 0.5) is 22.0 Å². The van der Waals surface area contributed by atoms with E-state index in [1.165, 1.54) is 5.56 Å². The van der Waals surface area contributed by atoms with E-state index in [9.17, 15) is 9.59 Å². The molecule has 0 bridgehead atoms. The molecule has 176 valence electrons. The van der Waals surface area contributed by atoms with Gasteiger partial charge < -0.3 is 20.4 Å². The topological polar surface area (TPSA) is 77.6 Å². The van der Waals surface area contributed by atoms with Gasteiger partial charge in [-0.2, -0.15) is 0 Å². The van der Waals surface area contributed by atoms with Crippen LogP contribution < -0.4 is 15.5 Å². The number of benzene rings is 2. The molecule has 7 nitrogen and oxygen atoms in total. The lowest BCUT2D eigenvalue weighted by Crippen LogP contribution is -2.35. The Morgan fingerprint density at radius 2 is 1.56 bits per heavy atom. The fourth-order valence-electron chi connectivity index (χ4n) is 4.09. The van der Waals surface area contributed by atoms with Crippen molar-refractivity contribution in [1.82, 2.24) is 9.88 Å². The van der Waals surface area contributed by atoms with Crippen molar-refractivity contribution >= 4 is 29.1 Å². The number of amides is 3. The van der Waals surface area contributed by atoms with E-state index in [2.05, 4.69) is 20.5 Å². The molecule has 4 rings (SSSR count). The quantitative estimate of drug-likeness (QED) is 0.578. The van der Waals surface area contributed by atoms with Gasteiger partial charge in [0.05, 0.1) is 11.9 Å². The molecule has 0 radical (unpaired) electrons. The highest BCUT2D eigenvalue weighted by atomic mass is 16.2. The predicted molar refractivity (Wildman–Crippen MR) is 137 cm³/mol. The van der Waals surface area contributed by atoms with Gasteiger partial charge in [-0.25, -0.2) is 9.78 Å². The lowest BCUT2D eigenvalue weighted by Gasteiger charge is -2.23. The number of urea groups is 1. The molecule has 0 atom stereocenters. The van der Waals surface area contributed by atoms with Crippen LogP contribution in [0.2, 0.25) is 0 Å². The average molecular weight is 458 g/mol. The minimum atomic E-state index is -0.307. The third-order valence-electron chi connectivity index (χ3n) is 6.25. The van der Waals surface area contributed by atoms with Crippen molar-refractivity contribution in [2.75, 3.05) is 41.7 Å². The summed E-state index contributed by atoms with van der Waals surface area (Å²) < 4.78 is 0. The highest BCUT2D eigenvalue weighted by Gasteiger charge is 2.22. The average Bonchev–Trinajstić information content (AvgIpc) is 3.08. The number of nitrogens with one attached hydrogen (secondary N) is 2. The van der Waals surface area contributed by atoms with Gasteiger partial charge in [0.15, 0.2) is 0 Å². The van der Waals surface area contributed by atoms with Gasteiger partial charge in [-0.05, 0) is 74.2 Å². The Morgan fingerprint density at radius 3 is 2.29 bits per heavy atom. The molecule has 0 unspecified atom stereocenters. The fraction of sp³-hybridized carbons (Fsp3) is 0.296. The number of nitrogens with zero attached hydrogens (tertiary/aromatic N) is 3. The second-order valence-electron chi connectivity index (χ2n) is 8.73. The normalized spacial score (nSPS) is 13.9. The maximum Gasteiger partial charge on any atom is 0.323 e. The van der Waals surface area contributed by atoms with Crippen molar-refractivity contribution in [2.45, 2.75) is 27.2 Å². The molecule has 2 N–H and O–H groups in total. The van der Waals surface area contributed by atoms with Crippen LogP contribution in [0.3, 0.4) is 0 Å². The van der Waals surface area contributed by atoms with E-state index in [0.717, 1.165) is 47.7 Å². The maximum atomic E-state index is 13.0. The monoisotopic (exact) mass is 457 g/mol. The SMILES string of the molecule is Cc1ccc(NC(=O)Nc2ccc(N3CCCN(C(=O)c4ccccc4C)CC3)nc2)cc1C. The van der Waals surface area contributed by atoms with Gasteiger partial charge in [-0.1, -0.05) is 24.3 Å². The van der Waals surface area contributed by atoms with Gasteiger partial charge in [0.25, 0.3) is 5.91 Å². The summed E-state index contributed by atoms with van der Waals surface area (Å²) in [5.41, 5.74) is 5.45. The van der Waals surface area contributed by atoms with Crippen molar-refractivity contribution in [3.8, 4) is 0 Å². The Balaban J connectivity index is 1.33. The molecule has 0 saturated carbocycles. The molecule has 2 aromatic carbocycles. The molecule has 34 heavy (non-hydrogen) atoms. The number of pyridine rings is 1. The molecule has 0 aliphatic carbocycles. The molecule has 3 aromatic rings. The number of hydrogen-bond donors (Lipinski definition) is 2. The zero-order chi connectivity index (χ0) is 24.1. The van der Waals surface area contributed by atoms with Crippen LogP contribution in [0.5, 0.6) is 0 Å². The van der Waals surface area contributed by atoms with E-state index in [4.69, 9.17) is 0 Å². The minimum Gasteiger partial charge on any atom is -0.355 e. The molecule has 1 aromatic heterocycles. The zero-order valence-electron chi connectivity index (χ0n) is 20.0. The van der Waals surface area contributed by atoms with Crippen LogP contribution in [0.15, 0.2) is 60.8 Å². The van der Waals surface area contributed by atoms with E-state index in [0.29, 0.717) is 18.8 Å². The fourth-order valence-corrected chi connectivity index (χ4v) is 4.09.